The van der Waals surface area contributed by atoms with Gasteiger partial charge >= 0.3 is 5.97 Å². The SMILES string of the molecule is CCC1CCC(OC(=O)c2cc(N)cc(F)c2)CC1. The van der Waals surface area contributed by atoms with E-state index < -0.39 is 11.8 Å². The number of esters is 1. The highest BCUT2D eigenvalue weighted by atomic mass is 19.1. The zero-order valence-electron chi connectivity index (χ0n) is 11.2. The van der Waals surface area contributed by atoms with Gasteiger partial charge in [0.2, 0.25) is 0 Å². The molecule has 19 heavy (non-hydrogen) atoms. The number of halogens is 1. The van der Waals surface area contributed by atoms with Gasteiger partial charge < -0.3 is 10.5 Å². The average molecular weight is 265 g/mol. The van der Waals surface area contributed by atoms with Crippen LogP contribution >= 0.6 is 0 Å². The van der Waals surface area contributed by atoms with Crippen LogP contribution in [0.15, 0.2) is 18.2 Å². The Labute approximate surface area is 112 Å². The van der Waals surface area contributed by atoms with Crippen LogP contribution in [0.5, 0.6) is 0 Å². The maximum absolute atomic E-state index is 13.2. The van der Waals surface area contributed by atoms with Crippen molar-refractivity contribution in [2.75, 3.05) is 5.73 Å². The number of carbonyl (C=O) groups is 1. The summed E-state index contributed by atoms with van der Waals surface area (Å²) in [6, 6.07) is 3.79. The van der Waals surface area contributed by atoms with Gasteiger partial charge in [0.05, 0.1) is 5.56 Å². The number of rotatable bonds is 3. The number of ether oxygens (including phenoxy) is 1. The average Bonchev–Trinajstić information content (AvgIpc) is 2.38. The summed E-state index contributed by atoms with van der Waals surface area (Å²) in [6.07, 6.45) is 5.13. The standard InChI is InChI=1S/C15H20FNO2/c1-2-10-3-5-14(6-4-10)19-15(18)11-7-12(16)9-13(17)8-11/h7-10,14H,2-6,17H2,1H3. The lowest BCUT2D eigenvalue weighted by Crippen LogP contribution is -2.24. The number of hydrogen-bond acceptors (Lipinski definition) is 3. The summed E-state index contributed by atoms with van der Waals surface area (Å²) in [5, 5.41) is 0. The van der Waals surface area contributed by atoms with Gasteiger partial charge in [-0.1, -0.05) is 13.3 Å². The molecule has 0 atom stereocenters. The maximum atomic E-state index is 13.2. The molecule has 0 heterocycles. The molecule has 0 spiro atoms. The lowest BCUT2D eigenvalue weighted by Gasteiger charge is -2.27. The summed E-state index contributed by atoms with van der Waals surface area (Å²) in [6.45, 7) is 2.19. The smallest absolute Gasteiger partial charge is 0.338 e. The second kappa shape index (κ2) is 6.04. The molecule has 1 aliphatic carbocycles. The van der Waals surface area contributed by atoms with Crippen LogP contribution in [0.4, 0.5) is 10.1 Å². The highest BCUT2D eigenvalue weighted by Gasteiger charge is 2.23. The van der Waals surface area contributed by atoms with Crippen LogP contribution in [0, 0.1) is 11.7 Å². The molecule has 1 aromatic rings. The maximum Gasteiger partial charge on any atom is 0.338 e. The lowest BCUT2D eigenvalue weighted by atomic mass is 9.86. The third kappa shape index (κ3) is 3.69. The van der Waals surface area contributed by atoms with Gasteiger partial charge in [-0.3, -0.25) is 0 Å². The van der Waals surface area contributed by atoms with Gasteiger partial charge in [-0.15, -0.1) is 0 Å². The van der Waals surface area contributed by atoms with Crippen molar-refractivity contribution < 1.29 is 13.9 Å². The minimum atomic E-state index is -0.512. The van der Waals surface area contributed by atoms with Gasteiger partial charge in [0.25, 0.3) is 0 Å². The summed E-state index contributed by atoms with van der Waals surface area (Å²) >= 11 is 0. The van der Waals surface area contributed by atoms with E-state index in [1.807, 2.05) is 0 Å². The number of carbonyl (C=O) groups excluding carboxylic acids is 1. The Bertz CT molecular complexity index is 433. The molecule has 0 unspecified atom stereocenters. The molecule has 0 bridgehead atoms. The molecule has 3 nitrogen and oxygen atoms in total. The third-order valence-corrected chi connectivity index (χ3v) is 3.80. The lowest BCUT2D eigenvalue weighted by molar-refractivity contribution is 0.0164. The van der Waals surface area contributed by atoms with E-state index in [1.165, 1.54) is 18.6 Å². The van der Waals surface area contributed by atoms with Crippen LogP contribution in [0.2, 0.25) is 0 Å². The Morgan fingerprint density at radius 3 is 2.58 bits per heavy atom. The minimum Gasteiger partial charge on any atom is -0.459 e. The first-order valence-electron chi connectivity index (χ1n) is 6.85. The minimum absolute atomic E-state index is 0.0419. The van der Waals surface area contributed by atoms with E-state index in [0.717, 1.165) is 37.7 Å². The fraction of sp³-hybridized carbons (Fsp3) is 0.533. The zero-order valence-corrected chi connectivity index (χ0v) is 11.2. The van der Waals surface area contributed by atoms with E-state index in [2.05, 4.69) is 6.92 Å². The number of nitrogens with two attached hydrogens (primary N) is 1. The van der Waals surface area contributed by atoms with E-state index in [0.29, 0.717) is 0 Å². The van der Waals surface area contributed by atoms with Crippen molar-refractivity contribution in [1.29, 1.82) is 0 Å². The molecular formula is C15H20FNO2. The molecule has 104 valence electrons. The Morgan fingerprint density at radius 1 is 1.32 bits per heavy atom. The van der Waals surface area contributed by atoms with Crippen LogP contribution < -0.4 is 5.73 Å². The normalized spacial score (nSPS) is 23.1. The summed E-state index contributed by atoms with van der Waals surface area (Å²) in [5.41, 5.74) is 5.95. The molecule has 0 aromatic heterocycles. The molecule has 4 heteroatoms. The van der Waals surface area contributed by atoms with Crippen molar-refractivity contribution in [3.63, 3.8) is 0 Å². The fourth-order valence-electron chi connectivity index (χ4n) is 2.61. The third-order valence-electron chi connectivity index (χ3n) is 3.80. The molecule has 0 saturated heterocycles. The molecule has 1 fully saturated rings. The molecule has 2 N–H and O–H groups in total. The molecule has 1 saturated carbocycles. The second-order valence-electron chi connectivity index (χ2n) is 5.23. The number of anilines is 1. The highest BCUT2D eigenvalue weighted by Crippen LogP contribution is 2.28. The summed E-state index contributed by atoms with van der Waals surface area (Å²) in [5.74, 6) is -0.243. The van der Waals surface area contributed by atoms with Crippen molar-refractivity contribution in [3.05, 3.63) is 29.6 Å². The van der Waals surface area contributed by atoms with Crippen molar-refractivity contribution in [2.24, 2.45) is 5.92 Å². The van der Waals surface area contributed by atoms with E-state index in [1.54, 1.807) is 0 Å². The Kier molecular flexibility index (Phi) is 4.40. The van der Waals surface area contributed by atoms with Crippen LogP contribution in [-0.4, -0.2) is 12.1 Å². The quantitative estimate of drug-likeness (QED) is 0.672. The number of nitrogen functional groups attached to an aromatic ring is 1. The predicted molar refractivity (Wildman–Crippen MR) is 72.3 cm³/mol. The van der Waals surface area contributed by atoms with Crippen LogP contribution in [0.3, 0.4) is 0 Å². The molecule has 0 aliphatic heterocycles. The highest BCUT2D eigenvalue weighted by molar-refractivity contribution is 5.90. The number of benzene rings is 1. The van der Waals surface area contributed by atoms with Crippen molar-refractivity contribution in [3.8, 4) is 0 Å². The molecule has 2 rings (SSSR count). The van der Waals surface area contributed by atoms with Gasteiger partial charge in [-0.25, -0.2) is 9.18 Å². The largest absolute Gasteiger partial charge is 0.459 e. The molecular weight excluding hydrogens is 245 g/mol. The first kappa shape index (κ1) is 13.8. The Hall–Kier alpha value is -1.58. The zero-order chi connectivity index (χ0) is 13.8. The summed E-state index contributed by atoms with van der Waals surface area (Å²) in [4.78, 5) is 11.9. The van der Waals surface area contributed by atoms with Crippen molar-refractivity contribution in [2.45, 2.75) is 45.1 Å². The first-order valence-corrected chi connectivity index (χ1v) is 6.85. The predicted octanol–water partition coefficient (Wildman–Crippen LogP) is 3.53. The van der Waals surface area contributed by atoms with Gasteiger partial charge in [-0.2, -0.15) is 0 Å². The van der Waals surface area contributed by atoms with Crippen molar-refractivity contribution >= 4 is 11.7 Å². The monoisotopic (exact) mass is 265 g/mol. The first-order chi connectivity index (χ1) is 9.08. The summed E-state index contributed by atoms with van der Waals surface area (Å²) < 4.78 is 18.6. The van der Waals surface area contributed by atoms with Crippen LogP contribution in [0.25, 0.3) is 0 Å². The molecule has 0 radical (unpaired) electrons. The van der Waals surface area contributed by atoms with E-state index in [9.17, 15) is 9.18 Å². The fourth-order valence-corrected chi connectivity index (χ4v) is 2.61. The molecule has 0 amide bonds. The number of hydrogen-bond donors (Lipinski definition) is 1. The van der Waals surface area contributed by atoms with E-state index >= 15 is 0 Å². The Morgan fingerprint density at radius 2 is 2.00 bits per heavy atom. The van der Waals surface area contributed by atoms with Crippen LogP contribution in [0.1, 0.15) is 49.4 Å². The molecule has 1 aromatic carbocycles. The topological polar surface area (TPSA) is 52.3 Å². The van der Waals surface area contributed by atoms with Crippen molar-refractivity contribution in [1.82, 2.24) is 0 Å². The van der Waals surface area contributed by atoms with Gasteiger partial charge in [-0.05, 0) is 49.8 Å². The Balaban J connectivity index is 1.94. The second-order valence-corrected chi connectivity index (χ2v) is 5.23. The van der Waals surface area contributed by atoms with Gasteiger partial charge in [0.15, 0.2) is 0 Å². The van der Waals surface area contributed by atoms with Gasteiger partial charge in [0.1, 0.15) is 11.9 Å². The van der Waals surface area contributed by atoms with E-state index in [4.69, 9.17) is 10.5 Å². The molecule has 1 aliphatic rings. The van der Waals surface area contributed by atoms with E-state index in [-0.39, 0.29) is 17.4 Å². The summed E-state index contributed by atoms with van der Waals surface area (Å²) in [7, 11) is 0. The van der Waals surface area contributed by atoms with Crippen LogP contribution in [-0.2, 0) is 4.74 Å². The van der Waals surface area contributed by atoms with Gasteiger partial charge in [0, 0.05) is 5.69 Å².